The molecule has 30 heavy (non-hydrogen) atoms. The fourth-order valence-corrected chi connectivity index (χ4v) is 5.19. The molecule has 7 nitrogen and oxygen atoms in total. The molecule has 1 amide bonds. The Morgan fingerprint density at radius 2 is 2.10 bits per heavy atom. The molecule has 0 aromatic carbocycles. The average molecular weight is 423 g/mol. The number of carbonyl (C=O) groups is 1. The first-order valence-electron chi connectivity index (χ1n) is 10.8. The first-order valence-corrected chi connectivity index (χ1v) is 14.5. The summed E-state index contributed by atoms with van der Waals surface area (Å²) in [7, 11) is -1.36. The Balaban J connectivity index is 1.68. The number of carbonyl (C=O) groups excluding carboxylic acids is 1. The molecule has 3 aromatic rings. The highest BCUT2D eigenvalue weighted by Crippen LogP contribution is 2.37. The van der Waals surface area contributed by atoms with Gasteiger partial charge in [0.1, 0.15) is 17.0 Å². The van der Waals surface area contributed by atoms with Crippen LogP contribution in [0.3, 0.4) is 0 Å². The number of H-pyrrole nitrogens is 1. The molecule has 1 fully saturated rings. The first kappa shape index (κ1) is 20.6. The lowest BCUT2D eigenvalue weighted by molar-refractivity contribution is -0.120. The number of nitriles is 1. The van der Waals surface area contributed by atoms with E-state index in [1.165, 1.54) is 0 Å². The lowest BCUT2D eigenvalue weighted by Gasteiger charge is -2.30. The molecule has 1 aliphatic carbocycles. The third-order valence-corrected chi connectivity index (χ3v) is 7.24. The maximum absolute atomic E-state index is 12.7. The van der Waals surface area contributed by atoms with Crippen molar-refractivity contribution >= 4 is 36.0 Å². The third-order valence-electron chi connectivity index (χ3n) is 6.00. The van der Waals surface area contributed by atoms with Crippen molar-refractivity contribution in [3.8, 4) is 6.07 Å². The molecular weight excluding hydrogens is 392 g/mol. The van der Waals surface area contributed by atoms with E-state index in [1.54, 1.807) is 6.20 Å². The number of imidazole rings is 1. The molecule has 0 atom stereocenters. The van der Waals surface area contributed by atoms with Gasteiger partial charge in [0.2, 0.25) is 5.91 Å². The summed E-state index contributed by atoms with van der Waals surface area (Å²) in [5, 5.41) is 13.2. The summed E-state index contributed by atoms with van der Waals surface area (Å²) in [5.41, 5.74) is 2.75. The minimum absolute atomic E-state index is 0.0328. The van der Waals surface area contributed by atoms with Gasteiger partial charge < -0.3 is 14.9 Å². The highest BCUT2D eigenvalue weighted by molar-refractivity contribution is 6.76. The molecule has 0 aliphatic heterocycles. The van der Waals surface area contributed by atoms with Crippen molar-refractivity contribution < 1.29 is 4.79 Å². The van der Waals surface area contributed by atoms with E-state index in [-0.39, 0.29) is 12.3 Å². The van der Waals surface area contributed by atoms with Gasteiger partial charge in [0.15, 0.2) is 0 Å². The zero-order valence-corrected chi connectivity index (χ0v) is 19.0. The van der Waals surface area contributed by atoms with Crippen molar-refractivity contribution in [2.75, 3.05) is 6.17 Å². The minimum Gasteiger partial charge on any atom is -0.359 e. The van der Waals surface area contributed by atoms with Gasteiger partial charge in [-0.1, -0.05) is 19.6 Å². The Kier molecular flexibility index (Phi) is 5.65. The maximum atomic E-state index is 12.7. The molecule has 2 N–H and O–H groups in total. The normalized spacial score (nSPS) is 19.8. The molecule has 8 heteroatoms. The van der Waals surface area contributed by atoms with E-state index in [1.807, 2.05) is 12.3 Å². The summed E-state index contributed by atoms with van der Waals surface area (Å²) in [6.07, 6.45) is 9.49. The molecule has 1 aliphatic rings. The van der Waals surface area contributed by atoms with E-state index in [0.29, 0.717) is 18.4 Å². The Morgan fingerprint density at radius 1 is 1.33 bits per heavy atom. The number of nitrogens with zero attached hydrogens (tertiary/aromatic N) is 4. The number of aromatic amines is 1. The van der Waals surface area contributed by atoms with E-state index < -0.39 is 8.07 Å². The first-order chi connectivity index (χ1) is 14.4. The number of fused-ring (bicyclic) bond motifs is 3. The van der Waals surface area contributed by atoms with E-state index >= 15 is 0 Å². The highest BCUT2D eigenvalue weighted by atomic mass is 28.3. The summed E-state index contributed by atoms with van der Waals surface area (Å²) >= 11 is 0. The van der Waals surface area contributed by atoms with Gasteiger partial charge in [-0.15, -0.1) is 0 Å². The summed E-state index contributed by atoms with van der Waals surface area (Å²) in [6.45, 7) is 6.74. The predicted molar refractivity (Wildman–Crippen MR) is 121 cm³/mol. The largest absolute Gasteiger partial charge is 0.359 e. The van der Waals surface area contributed by atoms with E-state index in [2.05, 4.69) is 45.6 Å². The maximum Gasteiger partial charge on any atom is 0.227 e. The van der Waals surface area contributed by atoms with E-state index in [4.69, 9.17) is 10.2 Å². The fourth-order valence-electron chi connectivity index (χ4n) is 4.46. The standard InChI is InChI=1S/C22H30N6OSi/c1-30(2,3)14-26-20(29)12-19-27-18-13-25-22-17(9-11-24-22)21(18)28(19)16-6-4-15(5-7-16)8-10-23/h9,11,13,15-16H,4-8,12,14H2,1-3H3,(H,24,25)(H,26,29)/t15-,16+. The van der Waals surface area contributed by atoms with Crippen molar-refractivity contribution in [2.24, 2.45) is 5.92 Å². The second-order valence-electron chi connectivity index (χ2n) is 9.68. The quantitative estimate of drug-likeness (QED) is 0.584. The highest BCUT2D eigenvalue weighted by Gasteiger charge is 2.27. The summed E-state index contributed by atoms with van der Waals surface area (Å²) < 4.78 is 2.30. The minimum atomic E-state index is -1.36. The van der Waals surface area contributed by atoms with Gasteiger partial charge >= 0.3 is 0 Å². The number of amides is 1. The molecule has 1 saturated carbocycles. The summed E-state index contributed by atoms with van der Waals surface area (Å²) in [5.74, 6) is 1.33. The third kappa shape index (κ3) is 4.26. The lowest BCUT2D eigenvalue weighted by Crippen LogP contribution is -2.40. The molecule has 3 heterocycles. The molecule has 0 radical (unpaired) electrons. The van der Waals surface area contributed by atoms with E-state index in [9.17, 15) is 4.79 Å². The fraction of sp³-hybridized carbons (Fsp3) is 0.545. The SMILES string of the molecule is C[Si](C)(C)CNC(=O)Cc1nc2cnc3[nH]ccc3c2n1[C@H]1CC[C@@H](CC#N)CC1. The van der Waals surface area contributed by atoms with Gasteiger partial charge in [-0.3, -0.25) is 4.79 Å². The number of hydrogen-bond donors (Lipinski definition) is 2. The van der Waals surface area contributed by atoms with Crippen LogP contribution in [-0.2, 0) is 11.2 Å². The summed E-state index contributed by atoms with van der Waals surface area (Å²) in [4.78, 5) is 25.2. The zero-order valence-electron chi connectivity index (χ0n) is 18.0. The average Bonchev–Trinajstić information content (AvgIpc) is 3.30. The van der Waals surface area contributed by atoms with Crippen LogP contribution in [0, 0.1) is 17.2 Å². The van der Waals surface area contributed by atoms with Gasteiger partial charge in [0, 0.05) is 30.2 Å². The number of aromatic nitrogens is 4. The molecular formula is C22H30N6OSi. The lowest BCUT2D eigenvalue weighted by atomic mass is 9.84. The van der Waals surface area contributed by atoms with E-state index in [0.717, 1.165) is 59.7 Å². The van der Waals surface area contributed by atoms with Crippen LogP contribution in [0.2, 0.25) is 19.6 Å². The Bertz CT molecular complexity index is 1090. The van der Waals surface area contributed by atoms with Crippen LogP contribution in [0.1, 0.15) is 44.0 Å². The number of rotatable bonds is 6. The Hall–Kier alpha value is -2.66. The topological polar surface area (TPSA) is 99.4 Å². The van der Waals surface area contributed by atoms with Gasteiger partial charge in [0.25, 0.3) is 0 Å². The second-order valence-corrected chi connectivity index (χ2v) is 15.2. The molecule has 0 saturated heterocycles. The van der Waals surface area contributed by atoms with Gasteiger partial charge in [0.05, 0.1) is 32.3 Å². The van der Waals surface area contributed by atoms with Crippen LogP contribution in [0.25, 0.3) is 22.1 Å². The second kappa shape index (κ2) is 8.23. The molecule has 0 spiro atoms. The molecule has 0 bridgehead atoms. The number of hydrogen-bond acceptors (Lipinski definition) is 4. The van der Waals surface area contributed by atoms with Crippen LogP contribution >= 0.6 is 0 Å². The predicted octanol–water partition coefficient (Wildman–Crippen LogP) is 4.09. The van der Waals surface area contributed by atoms with Crippen molar-refractivity contribution in [1.82, 2.24) is 24.8 Å². The zero-order chi connectivity index (χ0) is 21.3. The van der Waals surface area contributed by atoms with Crippen LogP contribution in [0.4, 0.5) is 0 Å². The van der Waals surface area contributed by atoms with Crippen molar-refractivity contribution in [1.29, 1.82) is 5.26 Å². The van der Waals surface area contributed by atoms with Crippen molar-refractivity contribution in [2.45, 2.75) is 64.2 Å². The molecule has 4 rings (SSSR count). The monoisotopic (exact) mass is 422 g/mol. The van der Waals surface area contributed by atoms with Gasteiger partial charge in [-0.25, -0.2) is 9.97 Å². The van der Waals surface area contributed by atoms with Crippen LogP contribution in [0.5, 0.6) is 0 Å². The van der Waals surface area contributed by atoms with Crippen LogP contribution < -0.4 is 5.32 Å². The van der Waals surface area contributed by atoms with Crippen molar-refractivity contribution in [3.63, 3.8) is 0 Å². The van der Waals surface area contributed by atoms with Crippen LogP contribution in [-0.4, -0.2) is 39.7 Å². The molecule has 158 valence electrons. The summed E-state index contributed by atoms with van der Waals surface area (Å²) in [6, 6.07) is 4.66. The van der Waals surface area contributed by atoms with Gasteiger partial charge in [-0.2, -0.15) is 5.26 Å². The number of pyridine rings is 1. The Morgan fingerprint density at radius 3 is 2.80 bits per heavy atom. The van der Waals surface area contributed by atoms with Crippen LogP contribution in [0.15, 0.2) is 18.5 Å². The molecule has 0 unspecified atom stereocenters. The van der Waals surface area contributed by atoms with Gasteiger partial charge in [-0.05, 0) is 37.7 Å². The van der Waals surface area contributed by atoms with Crippen molar-refractivity contribution in [3.05, 3.63) is 24.3 Å². The smallest absolute Gasteiger partial charge is 0.227 e. The number of nitrogens with one attached hydrogen (secondary N) is 2. The Labute approximate surface area is 177 Å². The molecule has 3 aromatic heterocycles.